The van der Waals surface area contributed by atoms with Crippen LogP contribution in [0.25, 0.3) is 0 Å². The van der Waals surface area contributed by atoms with E-state index in [0.29, 0.717) is 12.2 Å². The highest BCUT2D eigenvalue weighted by atomic mass is 16.5. The molecule has 0 aliphatic rings. The molecule has 0 heterocycles. The number of hydrogen-bond acceptors (Lipinski definition) is 3. The predicted octanol–water partition coefficient (Wildman–Crippen LogP) is 2.67. The molecule has 3 nitrogen and oxygen atoms in total. The first-order chi connectivity index (χ1) is 8.92. The van der Waals surface area contributed by atoms with E-state index in [2.05, 4.69) is 18.8 Å². The van der Waals surface area contributed by atoms with E-state index in [-0.39, 0.29) is 0 Å². The van der Waals surface area contributed by atoms with Crippen LogP contribution in [0, 0.1) is 11.8 Å². The van der Waals surface area contributed by atoms with Crippen LogP contribution in [0.2, 0.25) is 0 Å². The van der Waals surface area contributed by atoms with Crippen LogP contribution in [0.1, 0.15) is 45.3 Å². The Morgan fingerprint density at radius 3 is 2.42 bits per heavy atom. The number of aliphatic hydroxyl groups is 2. The molecule has 2 N–H and O–H groups in total. The molecule has 0 amide bonds. The Bertz CT molecular complexity index is 432. The molecule has 0 aliphatic heterocycles. The number of aliphatic hydroxyl groups excluding tert-OH is 1. The van der Waals surface area contributed by atoms with E-state index in [1.807, 2.05) is 12.1 Å². The van der Waals surface area contributed by atoms with Gasteiger partial charge in [-0.15, -0.1) is 0 Å². The van der Waals surface area contributed by atoms with Gasteiger partial charge in [-0.05, 0) is 38.0 Å². The average Bonchev–Trinajstić information content (AvgIpc) is 2.36. The van der Waals surface area contributed by atoms with E-state index in [1.165, 1.54) is 0 Å². The van der Waals surface area contributed by atoms with Gasteiger partial charge in [0, 0.05) is 0 Å². The van der Waals surface area contributed by atoms with Crippen molar-refractivity contribution in [3.05, 3.63) is 29.8 Å². The lowest BCUT2D eigenvalue weighted by molar-refractivity contribution is 0.142. The van der Waals surface area contributed by atoms with Crippen molar-refractivity contribution in [2.24, 2.45) is 0 Å². The minimum Gasteiger partial charge on any atom is -0.494 e. The van der Waals surface area contributed by atoms with Gasteiger partial charge in [-0.3, -0.25) is 0 Å². The van der Waals surface area contributed by atoms with Gasteiger partial charge in [-0.2, -0.15) is 0 Å². The minimum absolute atomic E-state index is 0.694. The van der Waals surface area contributed by atoms with Crippen molar-refractivity contribution in [3.63, 3.8) is 0 Å². The third kappa shape index (κ3) is 6.28. The van der Waals surface area contributed by atoms with Crippen molar-refractivity contribution in [3.8, 4) is 17.6 Å². The molecule has 0 aliphatic carbocycles. The minimum atomic E-state index is -1.09. The standard InChI is InChI=1S/C16H22O3/c1-4-5-12-19-14-8-6-13(7-9-14)15(17)10-11-16(2,3)18/h6-9,15,17-18H,4-5,12H2,1-3H3. The summed E-state index contributed by atoms with van der Waals surface area (Å²) in [5.74, 6) is 6.02. The van der Waals surface area contributed by atoms with Gasteiger partial charge in [0.2, 0.25) is 0 Å². The van der Waals surface area contributed by atoms with Crippen LogP contribution >= 0.6 is 0 Å². The van der Waals surface area contributed by atoms with Gasteiger partial charge in [-0.25, -0.2) is 0 Å². The van der Waals surface area contributed by atoms with Gasteiger partial charge in [0.15, 0.2) is 0 Å². The number of unbranched alkanes of at least 4 members (excludes halogenated alkanes) is 1. The van der Waals surface area contributed by atoms with E-state index in [4.69, 9.17) is 4.74 Å². The lowest BCUT2D eigenvalue weighted by Crippen LogP contribution is -2.15. The van der Waals surface area contributed by atoms with Crippen molar-refractivity contribution >= 4 is 0 Å². The van der Waals surface area contributed by atoms with Crippen LogP contribution in [0.5, 0.6) is 5.75 Å². The van der Waals surface area contributed by atoms with Gasteiger partial charge in [0.25, 0.3) is 0 Å². The molecule has 0 saturated heterocycles. The first kappa shape index (κ1) is 15.6. The van der Waals surface area contributed by atoms with Gasteiger partial charge >= 0.3 is 0 Å². The van der Waals surface area contributed by atoms with Crippen molar-refractivity contribution in [2.75, 3.05) is 6.61 Å². The zero-order chi connectivity index (χ0) is 14.3. The van der Waals surface area contributed by atoms with Crippen LogP contribution in [0.15, 0.2) is 24.3 Å². The fourth-order valence-electron chi connectivity index (χ4n) is 1.41. The second kappa shape index (κ2) is 7.18. The van der Waals surface area contributed by atoms with Crippen molar-refractivity contribution in [1.29, 1.82) is 0 Å². The highest BCUT2D eigenvalue weighted by molar-refractivity contribution is 5.32. The summed E-state index contributed by atoms with van der Waals surface area (Å²) in [5.41, 5.74) is -0.399. The average molecular weight is 262 g/mol. The van der Waals surface area contributed by atoms with Crippen molar-refractivity contribution in [2.45, 2.75) is 45.3 Å². The maximum Gasteiger partial charge on any atom is 0.140 e. The van der Waals surface area contributed by atoms with E-state index < -0.39 is 11.7 Å². The molecule has 0 bridgehead atoms. The van der Waals surface area contributed by atoms with E-state index in [9.17, 15) is 10.2 Å². The van der Waals surface area contributed by atoms with Gasteiger partial charge in [0.1, 0.15) is 17.5 Å². The first-order valence-corrected chi connectivity index (χ1v) is 6.58. The molecule has 1 unspecified atom stereocenters. The smallest absolute Gasteiger partial charge is 0.140 e. The lowest BCUT2D eigenvalue weighted by atomic mass is 10.1. The number of rotatable bonds is 5. The van der Waals surface area contributed by atoms with Crippen LogP contribution in [-0.4, -0.2) is 22.4 Å². The summed E-state index contributed by atoms with van der Waals surface area (Å²) in [7, 11) is 0. The van der Waals surface area contributed by atoms with E-state index in [1.54, 1.807) is 26.0 Å². The second-order valence-corrected chi connectivity index (χ2v) is 5.00. The summed E-state index contributed by atoms with van der Waals surface area (Å²) in [4.78, 5) is 0. The van der Waals surface area contributed by atoms with E-state index >= 15 is 0 Å². The fraction of sp³-hybridized carbons (Fsp3) is 0.500. The van der Waals surface area contributed by atoms with E-state index in [0.717, 1.165) is 18.6 Å². The molecule has 0 aromatic heterocycles. The highest BCUT2D eigenvalue weighted by Crippen LogP contribution is 2.18. The Balaban J connectivity index is 2.62. The number of benzene rings is 1. The zero-order valence-corrected chi connectivity index (χ0v) is 11.8. The molecule has 1 atom stereocenters. The summed E-state index contributed by atoms with van der Waals surface area (Å²) in [6, 6.07) is 7.20. The topological polar surface area (TPSA) is 49.7 Å². The van der Waals surface area contributed by atoms with Crippen LogP contribution in [-0.2, 0) is 0 Å². The fourth-order valence-corrected chi connectivity index (χ4v) is 1.41. The molecule has 1 rings (SSSR count). The summed E-state index contributed by atoms with van der Waals surface area (Å²) >= 11 is 0. The quantitative estimate of drug-likeness (QED) is 0.633. The third-order valence-electron chi connectivity index (χ3n) is 2.48. The molecule has 1 aromatic rings. The van der Waals surface area contributed by atoms with Crippen molar-refractivity contribution < 1.29 is 14.9 Å². The van der Waals surface area contributed by atoms with Crippen LogP contribution in [0.4, 0.5) is 0 Å². The molecular formula is C16H22O3. The molecule has 104 valence electrons. The Kier molecular flexibility index (Phi) is 5.88. The number of ether oxygens (including phenoxy) is 1. The summed E-state index contributed by atoms with van der Waals surface area (Å²) < 4.78 is 5.54. The normalized spacial score (nSPS) is 12.5. The zero-order valence-electron chi connectivity index (χ0n) is 11.8. The predicted molar refractivity (Wildman–Crippen MR) is 75.9 cm³/mol. The molecular weight excluding hydrogens is 240 g/mol. The Hall–Kier alpha value is -1.50. The molecule has 0 radical (unpaired) electrons. The summed E-state index contributed by atoms with van der Waals surface area (Å²) in [6.45, 7) is 5.98. The molecule has 0 saturated carbocycles. The van der Waals surface area contributed by atoms with Gasteiger partial charge in [0.05, 0.1) is 6.61 Å². The molecule has 0 spiro atoms. The molecule has 0 fully saturated rings. The van der Waals surface area contributed by atoms with Crippen LogP contribution in [0.3, 0.4) is 0 Å². The first-order valence-electron chi connectivity index (χ1n) is 6.58. The maximum atomic E-state index is 9.86. The largest absolute Gasteiger partial charge is 0.494 e. The van der Waals surface area contributed by atoms with Gasteiger partial charge in [-0.1, -0.05) is 37.3 Å². The summed E-state index contributed by atoms with van der Waals surface area (Å²) in [6.07, 6.45) is 1.24. The molecule has 1 aromatic carbocycles. The molecule has 19 heavy (non-hydrogen) atoms. The van der Waals surface area contributed by atoms with Gasteiger partial charge < -0.3 is 14.9 Å². The Morgan fingerprint density at radius 2 is 1.89 bits per heavy atom. The maximum absolute atomic E-state index is 9.86. The Morgan fingerprint density at radius 1 is 1.26 bits per heavy atom. The highest BCUT2D eigenvalue weighted by Gasteiger charge is 2.08. The summed E-state index contributed by atoms with van der Waals surface area (Å²) in [5, 5.41) is 19.3. The Labute approximate surface area is 115 Å². The second-order valence-electron chi connectivity index (χ2n) is 5.00. The lowest BCUT2D eigenvalue weighted by Gasteiger charge is -2.09. The monoisotopic (exact) mass is 262 g/mol. The van der Waals surface area contributed by atoms with Crippen LogP contribution < -0.4 is 4.74 Å². The molecule has 3 heteroatoms. The number of hydrogen-bond donors (Lipinski definition) is 2. The van der Waals surface area contributed by atoms with Crippen molar-refractivity contribution in [1.82, 2.24) is 0 Å². The SMILES string of the molecule is CCCCOc1ccc(C(O)C#CC(C)(C)O)cc1. The third-order valence-corrected chi connectivity index (χ3v) is 2.48.